The molecule has 0 aliphatic heterocycles. The monoisotopic (exact) mass is 354 g/mol. The summed E-state index contributed by atoms with van der Waals surface area (Å²) in [5.41, 5.74) is 2.33. The number of nitrogens with one attached hydrogen (secondary N) is 1. The minimum absolute atomic E-state index is 0.190. The average Bonchev–Trinajstić information content (AvgIpc) is 2.96. The number of carbonyl (C=O) groups is 1. The summed E-state index contributed by atoms with van der Waals surface area (Å²) in [7, 11) is 0. The first-order chi connectivity index (χ1) is 12.1. The van der Waals surface area contributed by atoms with Crippen LogP contribution >= 0.6 is 11.3 Å². The molecule has 1 amide bonds. The van der Waals surface area contributed by atoms with Crippen LogP contribution in [0.25, 0.3) is 0 Å². The number of rotatable bonds is 5. The number of carbonyl (C=O) groups excluding carboxylic acids is 1. The molecule has 4 nitrogen and oxygen atoms in total. The number of anilines is 1. The molecule has 1 aromatic carbocycles. The van der Waals surface area contributed by atoms with Crippen molar-refractivity contribution in [3.63, 3.8) is 0 Å². The lowest BCUT2D eigenvalue weighted by Crippen LogP contribution is -2.12. The van der Waals surface area contributed by atoms with Gasteiger partial charge < -0.3 is 10.1 Å². The van der Waals surface area contributed by atoms with E-state index in [0.717, 1.165) is 37.0 Å². The van der Waals surface area contributed by atoms with Gasteiger partial charge in [0, 0.05) is 10.4 Å². The van der Waals surface area contributed by atoms with Crippen LogP contribution < -0.4 is 10.1 Å². The van der Waals surface area contributed by atoms with Crippen molar-refractivity contribution < 1.29 is 9.53 Å². The van der Waals surface area contributed by atoms with Gasteiger partial charge in [-0.2, -0.15) is 5.26 Å². The zero-order chi connectivity index (χ0) is 17.8. The fourth-order valence-electron chi connectivity index (χ4n) is 3.06. The van der Waals surface area contributed by atoms with Crippen molar-refractivity contribution in [2.75, 3.05) is 11.9 Å². The van der Waals surface area contributed by atoms with Crippen LogP contribution in [0.3, 0.4) is 0 Å². The van der Waals surface area contributed by atoms with E-state index in [1.165, 1.54) is 4.88 Å². The van der Waals surface area contributed by atoms with Gasteiger partial charge in [-0.15, -0.1) is 11.3 Å². The molecule has 1 atom stereocenters. The molecule has 130 valence electrons. The van der Waals surface area contributed by atoms with Crippen molar-refractivity contribution >= 4 is 22.2 Å². The number of fused-ring (bicyclic) bond motifs is 1. The molecule has 0 spiro atoms. The number of aryl methyl sites for hydroxylation is 1. The summed E-state index contributed by atoms with van der Waals surface area (Å²) in [6.45, 7) is 4.92. The zero-order valence-corrected chi connectivity index (χ0v) is 15.4. The van der Waals surface area contributed by atoms with Gasteiger partial charge in [0.2, 0.25) is 0 Å². The Morgan fingerprint density at radius 3 is 2.84 bits per heavy atom. The van der Waals surface area contributed by atoms with Gasteiger partial charge in [0.15, 0.2) is 0 Å². The van der Waals surface area contributed by atoms with Crippen LogP contribution in [0.1, 0.15) is 53.1 Å². The van der Waals surface area contributed by atoms with Gasteiger partial charge in [0.05, 0.1) is 12.2 Å². The number of nitrogens with zero attached hydrogens (tertiary/aromatic N) is 1. The van der Waals surface area contributed by atoms with Crippen LogP contribution in [0, 0.1) is 17.2 Å². The molecule has 1 heterocycles. The van der Waals surface area contributed by atoms with Crippen molar-refractivity contribution in [3.05, 3.63) is 45.8 Å². The van der Waals surface area contributed by atoms with E-state index in [-0.39, 0.29) is 5.91 Å². The van der Waals surface area contributed by atoms with Crippen molar-refractivity contribution in [2.24, 2.45) is 5.92 Å². The molecule has 0 radical (unpaired) electrons. The number of nitriles is 1. The Balaban J connectivity index is 1.76. The summed E-state index contributed by atoms with van der Waals surface area (Å²) in [6.07, 6.45) is 4.01. The largest absolute Gasteiger partial charge is 0.494 e. The first-order valence-electron chi connectivity index (χ1n) is 8.71. The van der Waals surface area contributed by atoms with Gasteiger partial charge in [-0.05, 0) is 61.4 Å². The summed E-state index contributed by atoms with van der Waals surface area (Å²) >= 11 is 1.55. The average molecular weight is 354 g/mol. The van der Waals surface area contributed by atoms with E-state index < -0.39 is 0 Å². The molecule has 0 unspecified atom stereocenters. The summed E-state index contributed by atoms with van der Waals surface area (Å²) < 4.78 is 5.54. The molecular weight excluding hydrogens is 332 g/mol. The molecule has 3 rings (SSSR count). The SMILES string of the molecule is CCCOc1ccc(C(=O)Nc2sc3c(c2C#N)C[C@H](C)CC3)cc1. The molecule has 1 aliphatic carbocycles. The minimum atomic E-state index is -0.190. The van der Waals surface area contributed by atoms with Gasteiger partial charge >= 0.3 is 0 Å². The van der Waals surface area contributed by atoms with Crippen LogP contribution in [0.15, 0.2) is 24.3 Å². The van der Waals surface area contributed by atoms with Crippen molar-refractivity contribution in [2.45, 2.75) is 39.5 Å². The highest BCUT2D eigenvalue weighted by Gasteiger charge is 2.24. The third-order valence-electron chi connectivity index (χ3n) is 4.44. The number of hydrogen-bond acceptors (Lipinski definition) is 4. The molecule has 1 N–H and O–H groups in total. The van der Waals surface area contributed by atoms with Gasteiger partial charge in [-0.3, -0.25) is 4.79 Å². The topological polar surface area (TPSA) is 62.1 Å². The van der Waals surface area contributed by atoms with E-state index in [2.05, 4.69) is 25.2 Å². The summed E-state index contributed by atoms with van der Waals surface area (Å²) in [6, 6.07) is 9.40. The molecule has 0 saturated heterocycles. The van der Waals surface area contributed by atoms with Crippen LogP contribution in [0.4, 0.5) is 5.00 Å². The molecular formula is C20H22N2O2S. The predicted octanol–water partition coefficient (Wildman–Crippen LogP) is 4.79. The van der Waals surface area contributed by atoms with Gasteiger partial charge in [0.25, 0.3) is 5.91 Å². The Morgan fingerprint density at radius 1 is 1.40 bits per heavy atom. The second-order valence-electron chi connectivity index (χ2n) is 6.49. The number of ether oxygens (including phenoxy) is 1. The van der Waals surface area contributed by atoms with Crippen LogP contribution in [0.2, 0.25) is 0 Å². The Hall–Kier alpha value is -2.32. The molecule has 0 fully saturated rings. The summed E-state index contributed by atoms with van der Waals surface area (Å²) in [5, 5.41) is 13.1. The maximum Gasteiger partial charge on any atom is 0.256 e. The normalized spacial score (nSPS) is 16.0. The fourth-order valence-corrected chi connectivity index (χ4v) is 4.25. The number of thiophene rings is 1. The quantitative estimate of drug-likeness (QED) is 0.840. The highest BCUT2D eigenvalue weighted by Crippen LogP contribution is 2.39. The Labute approximate surface area is 152 Å². The highest BCUT2D eigenvalue weighted by atomic mass is 32.1. The molecule has 25 heavy (non-hydrogen) atoms. The predicted molar refractivity (Wildman–Crippen MR) is 100 cm³/mol. The number of amides is 1. The standard InChI is InChI=1S/C20H22N2O2S/c1-3-10-24-15-7-5-14(6-8-15)19(23)22-20-17(12-21)16-11-13(2)4-9-18(16)25-20/h5-8,13H,3-4,9-11H2,1-2H3,(H,22,23)/t13-/m1/s1. The van der Waals surface area contributed by atoms with Crippen molar-refractivity contribution in [1.82, 2.24) is 0 Å². The van der Waals surface area contributed by atoms with E-state index in [4.69, 9.17) is 4.74 Å². The van der Waals surface area contributed by atoms with Crippen LogP contribution in [-0.4, -0.2) is 12.5 Å². The second-order valence-corrected chi connectivity index (χ2v) is 7.60. The first kappa shape index (κ1) is 17.5. The number of hydrogen-bond donors (Lipinski definition) is 1. The van der Waals surface area contributed by atoms with Crippen molar-refractivity contribution in [1.29, 1.82) is 5.26 Å². The molecule has 5 heteroatoms. The van der Waals surface area contributed by atoms with Crippen molar-refractivity contribution in [3.8, 4) is 11.8 Å². The van der Waals surface area contributed by atoms with E-state index in [9.17, 15) is 10.1 Å². The van der Waals surface area contributed by atoms with E-state index in [0.29, 0.717) is 28.7 Å². The van der Waals surface area contributed by atoms with E-state index in [1.54, 1.807) is 35.6 Å². The molecule has 0 bridgehead atoms. The van der Waals surface area contributed by atoms with Gasteiger partial charge in [-0.25, -0.2) is 0 Å². The maximum absolute atomic E-state index is 12.5. The second kappa shape index (κ2) is 7.71. The van der Waals surface area contributed by atoms with Gasteiger partial charge in [0.1, 0.15) is 16.8 Å². The smallest absolute Gasteiger partial charge is 0.256 e. The lowest BCUT2D eigenvalue weighted by Gasteiger charge is -2.17. The Kier molecular flexibility index (Phi) is 5.40. The van der Waals surface area contributed by atoms with Gasteiger partial charge in [-0.1, -0.05) is 13.8 Å². The van der Waals surface area contributed by atoms with E-state index in [1.807, 2.05) is 0 Å². The Bertz CT molecular complexity index is 802. The van der Waals surface area contributed by atoms with Crippen LogP contribution in [-0.2, 0) is 12.8 Å². The van der Waals surface area contributed by atoms with E-state index >= 15 is 0 Å². The summed E-state index contributed by atoms with van der Waals surface area (Å²) in [5.74, 6) is 1.16. The van der Waals surface area contributed by atoms with Crippen LogP contribution in [0.5, 0.6) is 5.75 Å². The zero-order valence-electron chi connectivity index (χ0n) is 14.6. The molecule has 0 saturated carbocycles. The first-order valence-corrected chi connectivity index (χ1v) is 9.52. The maximum atomic E-state index is 12.5. The third kappa shape index (κ3) is 3.85. The Morgan fingerprint density at radius 2 is 2.16 bits per heavy atom. The fraction of sp³-hybridized carbons (Fsp3) is 0.400. The highest BCUT2D eigenvalue weighted by molar-refractivity contribution is 7.16. The molecule has 2 aromatic rings. The third-order valence-corrected chi connectivity index (χ3v) is 5.64. The number of benzene rings is 1. The molecule has 1 aromatic heterocycles. The lowest BCUT2D eigenvalue weighted by atomic mass is 9.88. The lowest BCUT2D eigenvalue weighted by molar-refractivity contribution is 0.102. The minimum Gasteiger partial charge on any atom is -0.494 e. The summed E-state index contributed by atoms with van der Waals surface area (Å²) in [4.78, 5) is 13.8. The molecule has 1 aliphatic rings.